The predicted octanol–water partition coefficient (Wildman–Crippen LogP) is 7.62. The van der Waals surface area contributed by atoms with Gasteiger partial charge in [-0.05, 0) is 111 Å². The standard InChI is InChI=1S/C67H66ClFN12O10S/c1-76-52-31-44(47(69)30-39(52)34-72-76)42-13-6-17-50-58(42)59(75-81(50)37-56(84)70-35-55(83)71-36-57(85)86)38-20-26-78(27-21-38)65(90)67-33-40(67)10-8-25-80(67)63(88)51-18-9-24-79(51)64(89)66(91-53-19-5-3-12-43(53)61-74-49-16-7-14-46(68)60(49)92-61)22-28-77(29-23-66)62(87)45-32-54(82)73-48-15-4-2-11-41(45)48/h2-7,11-17,19,30-31,34,38,40,45,51H,8-10,18,20-29,32-33,35-37H2,1H3,(H,70,84)(H,71,83)(H,73,82)(H,85,86)/t40-,45+,51+,67+/m1/s1. The average molecular weight is 1290 g/mol. The Morgan fingerprint density at radius 3 is 2.34 bits per heavy atom. The summed E-state index contributed by atoms with van der Waals surface area (Å²) in [4.78, 5) is 123. The number of fused-ring (bicyclic) bond motifs is 5. The minimum atomic E-state index is -1.55. The lowest BCUT2D eigenvalue weighted by Crippen LogP contribution is -2.63. The van der Waals surface area contributed by atoms with E-state index in [1.165, 1.54) is 22.1 Å². The Morgan fingerprint density at radius 1 is 0.783 bits per heavy atom. The number of rotatable bonds is 15. The third-order valence-electron chi connectivity index (χ3n) is 19.6. The number of hydrogen-bond acceptors (Lipinski definition) is 13. The summed E-state index contributed by atoms with van der Waals surface area (Å²) in [5.74, 6) is -4.88. The van der Waals surface area contributed by atoms with Gasteiger partial charge < -0.3 is 45.4 Å². The Hall–Kier alpha value is -9.29. The molecule has 5 aliphatic heterocycles. The van der Waals surface area contributed by atoms with E-state index in [4.69, 9.17) is 31.5 Å². The molecular formula is C67H66ClFN12O10S. The van der Waals surface area contributed by atoms with E-state index in [9.17, 15) is 24.0 Å². The van der Waals surface area contributed by atoms with Gasteiger partial charge in [0.15, 0.2) is 5.60 Å². The summed E-state index contributed by atoms with van der Waals surface area (Å²) in [5, 5.41) is 28.5. The molecule has 5 fully saturated rings. The van der Waals surface area contributed by atoms with Crippen molar-refractivity contribution < 1.29 is 52.6 Å². The van der Waals surface area contributed by atoms with Gasteiger partial charge in [-0.2, -0.15) is 10.2 Å². The van der Waals surface area contributed by atoms with Crippen molar-refractivity contribution in [3.63, 3.8) is 0 Å². The van der Waals surface area contributed by atoms with Crippen molar-refractivity contribution in [1.29, 1.82) is 0 Å². The molecule has 3 aromatic heterocycles. The molecule has 7 amide bonds. The number of carbonyl (C=O) groups excluding carboxylic acids is 7. The highest BCUT2D eigenvalue weighted by molar-refractivity contribution is 7.22. The number of carboxylic acid groups (broad SMARTS) is 1. The van der Waals surface area contributed by atoms with E-state index in [1.54, 1.807) is 63.0 Å². The van der Waals surface area contributed by atoms with Crippen LogP contribution in [0.2, 0.25) is 5.02 Å². The molecule has 92 heavy (non-hydrogen) atoms. The van der Waals surface area contributed by atoms with Crippen LogP contribution in [0, 0.1) is 11.7 Å². The number of nitrogens with zero attached hydrogens (tertiary/aromatic N) is 9. The smallest absolute Gasteiger partial charge is 0.322 e. The normalized spacial score (nSPS) is 21.2. The number of para-hydroxylation sites is 2. The highest BCUT2D eigenvalue weighted by Gasteiger charge is 2.68. The Morgan fingerprint density at radius 2 is 1.53 bits per heavy atom. The number of aryl methyl sites for hydroxylation is 1. The predicted molar refractivity (Wildman–Crippen MR) is 340 cm³/mol. The van der Waals surface area contributed by atoms with Gasteiger partial charge in [0.1, 0.15) is 41.2 Å². The van der Waals surface area contributed by atoms with E-state index in [-0.39, 0.29) is 86.8 Å². The van der Waals surface area contributed by atoms with Gasteiger partial charge >= 0.3 is 5.97 Å². The number of carbonyl (C=O) groups is 8. The topological polar surface area (TPSA) is 264 Å². The third-order valence-corrected chi connectivity index (χ3v) is 21.1. The van der Waals surface area contributed by atoms with Crippen LogP contribution in [0.4, 0.5) is 10.1 Å². The van der Waals surface area contributed by atoms with E-state index < -0.39 is 59.8 Å². The maximum atomic E-state index is 16.3. The quantitative estimate of drug-likeness (QED) is 0.0771. The van der Waals surface area contributed by atoms with Gasteiger partial charge in [0.25, 0.3) is 5.91 Å². The van der Waals surface area contributed by atoms with Crippen molar-refractivity contribution in [1.82, 2.24) is 54.8 Å². The zero-order chi connectivity index (χ0) is 63.7. The summed E-state index contributed by atoms with van der Waals surface area (Å²) in [6, 6.07) is 27.9. The maximum absolute atomic E-state index is 16.3. The van der Waals surface area contributed by atoms with Gasteiger partial charge in [-0.15, -0.1) is 11.3 Å². The summed E-state index contributed by atoms with van der Waals surface area (Å²) >= 11 is 8.06. The van der Waals surface area contributed by atoms with Crippen molar-refractivity contribution >= 4 is 108 Å². The SMILES string of the molecule is Cn1ncc2cc(F)c(-c3cccc4c3c(C3CCN(C(=O)[C@]56C[C@H]5CCCN6C(=O)[C@@H]5CCCN5C(=O)C5(Oc6ccccc6-c6nc7cccc(Cl)c7s6)CCN(C(=O)[C@H]6CC(=O)Nc7ccccc76)CC5)CC3)nn4CC(=O)NCC(=O)NCC(=O)O)cc21. The number of anilines is 1. The number of carboxylic acids is 1. The Labute approximate surface area is 536 Å². The number of benzene rings is 5. The van der Waals surface area contributed by atoms with E-state index in [2.05, 4.69) is 21.0 Å². The highest BCUT2D eigenvalue weighted by atomic mass is 35.5. The lowest BCUT2D eigenvalue weighted by atomic mass is 9.85. The van der Waals surface area contributed by atoms with Crippen molar-refractivity contribution in [2.45, 2.75) is 99.8 Å². The number of aromatic nitrogens is 5. The second-order valence-corrected chi connectivity index (χ2v) is 26.4. The van der Waals surface area contributed by atoms with Crippen LogP contribution in [0.5, 0.6) is 5.75 Å². The van der Waals surface area contributed by atoms with Crippen LogP contribution in [-0.4, -0.2) is 166 Å². The maximum Gasteiger partial charge on any atom is 0.322 e. The fraction of sp³-hybridized carbons (Fsp3) is 0.388. The third kappa shape index (κ3) is 10.8. The molecule has 22 nitrogen and oxygen atoms in total. The number of amides is 7. The molecule has 0 unspecified atom stereocenters. The molecule has 4 saturated heterocycles. The average Bonchev–Trinajstić information content (AvgIpc) is 1.54. The van der Waals surface area contributed by atoms with Crippen LogP contribution in [-0.2, 0) is 51.9 Å². The van der Waals surface area contributed by atoms with Crippen LogP contribution in [0.3, 0.4) is 0 Å². The lowest BCUT2D eigenvalue weighted by Gasteiger charge is -2.45. The number of halogens is 2. The van der Waals surface area contributed by atoms with Gasteiger partial charge in [-0.25, -0.2) is 9.37 Å². The number of nitrogens with one attached hydrogen (secondary N) is 3. The van der Waals surface area contributed by atoms with E-state index >= 15 is 18.8 Å². The number of aliphatic carboxylic acids is 1. The number of thiazole rings is 1. The van der Waals surface area contributed by atoms with E-state index in [0.717, 1.165) is 16.7 Å². The second kappa shape index (κ2) is 24.1. The van der Waals surface area contributed by atoms with Gasteiger partial charge in [-0.3, -0.25) is 47.7 Å². The van der Waals surface area contributed by atoms with Gasteiger partial charge in [0, 0.05) is 93.5 Å². The summed E-state index contributed by atoms with van der Waals surface area (Å²) in [6.45, 7) is 0.127. The molecule has 474 valence electrons. The van der Waals surface area contributed by atoms with Crippen LogP contribution >= 0.6 is 22.9 Å². The monoisotopic (exact) mass is 1280 g/mol. The minimum absolute atomic E-state index is 0.0151. The zero-order valence-electron chi connectivity index (χ0n) is 50.4. The fourth-order valence-electron chi connectivity index (χ4n) is 14.9. The minimum Gasteiger partial charge on any atom is -0.480 e. The zero-order valence-corrected chi connectivity index (χ0v) is 51.9. The molecule has 5 aromatic carbocycles. The number of ether oxygens (including phenoxy) is 1. The molecule has 4 N–H and O–H groups in total. The highest BCUT2D eigenvalue weighted by Crippen LogP contribution is 2.56. The van der Waals surface area contributed by atoms with Gasteiger partial charge in [0.05, 0.1) is 56.2 Å². The first kappa shape index (κ1) is 60.3. The molecular weight excluding hydrogens is 1220 g/mol. The molecule has 25 heteroatoms. The van der Waals surface area contributed by atoms with Crippen molar-refractivity contribution in [3.8, 4) is 27.4 Å². The molecule has 4 atom stereocenters. The van der Waals surface area contributed by atoms with Crippen LogP contribution in [0.25, 0.3) is 53.7 Å². The largest absolute Gasteiger partial charge is 0.480 e. The molecule has 0 bridgehead atoms. The molecule has 0 spiro atoms. The Bertz CT molecular complexity index is 4360. The number of piperidine rings is 3. The van der Waals surface area contributed by atoms with Crippen molar-refractivity contribution in [2.75, 3.05) is 57.7 Å². The molecule has 8 aromatic rings. The number of likely N-dealkylation sites (tertiary alicyclic amines) is 4. The molecule has 8 heterocycles. The lowest BCUT2D eigenvalue weighted by molar-refractivity contribution is -0.162. The first-order valence-electron chi connectivity index (χ1n) is 31.3. The molecule has 1 saturated carbocycles. The summed E-state index contributed by atoms with van der Waals surface area (Å²) < 4.78 is 27.5. The molecule has 1 aliphatic carbocycles. The first-order chi connectivity index (χ1) is 44.5. The Kier molecular flexibility index (Phi) is 15.8. The van der Waals surface area contributed by atoms with Crippen molar-refractivity contribution in [3.05, 3.63) is 125 Å². The van der Waals surface area contributed by atoms with Gasteiger partial charge in [0.2, 0.25) is 35.4 Å². The second-order valence-electron chi connectivity index (χ2n) is 24.9. The van der Waals surface area contributed by atoms with Crippen LogP contribution in [0.1, 0.15) is 87.3 Å². The summed E-state index contributed by atoms with van der Waals surface area (Å²) in [5.41, 5.74) is 2.73. The molecule has 14 rings (SSSR count). The van der Waals surface area contributed by atoms with Crippen LogP contribution in [0.15, 0.2) is 103 Å². The van der Waals surface area contributed by atoms with Crippen molar-refractivity contribution in [2.24, 2.45) is 13.0 Å². The Balaban J connectivity index is 0.721. The molecule has 6 aliphatic rings. The van der Waals surface area contributed by atoms with Gasteiger partial charge in [-0.1, -0.05) is 60.1 Å². The number of hydrogen-bond donors (Lipinski definition) is 4. The van der Waals surface area contributed by atoms with E-state index in [1.807, 2.05) is 65.6 Å². The first-order valence-corrected chi connectivity index (χ1v) is 32.5. The van der Waals surface area contributed by atoms with Crippen LogP contribution < -0.4 is 20.7 Å². The van der Waals surface area contributed by atoms with E-state index in [0.29, 0.717) is 129 Å². The fourth-order valence-corrected chi connectivity index (χ4v) is 16.1. The summed E-state index contributed by atoms with van der Waals surface area (Å²) in [6.07, 6.45) is 5.50. The molecule has 0 radical (unpaired) electrons. The summed E-state index contributed by atoms with van der Waals surface area (Å²) in [7, 11) is 1.77.